The summed E-state index contributed by atoms with van der Waals surface area (Å²) in [7, 11) is -3.65. The molecule has 1 unspecified atom stereocenters. The van der Waals surface area contributed by atoms with Crippen LogP contribution in [0.1, 0.15) is 45.1 Å². The van der Waals surface area contributed by atoms with Crippen molar-refractivity contribution < 1.29 is 18.0 Å². The molecule has 10 heteroatoms. The summed E-state index contributed by atoms with van der Waals surface area (Å²) in [6, 6.07) is 5.93. The number of fused-ring (bicyclic) bond motifs is 1. The van der Waals surface area contributed by atoms with Crippen LogP contribution >= 0.6 is 0 Å². The van der Waals surface area contributed by atoms with Crippen LogP contribution in [0.4, 0.5) is 0 Å². The highest BCUT2D eigenvalue weighted by atomic mass is 32.2. The van der Waals surface area contributed by atoms with Gasteiger partial charge in [-0.2, -0.15) is 0 Å². The van der Waals surface area contributed by atoms with Crippen LogP contribution in [0.15, 0.2) is 34.2 Å². The zero-order chi connectivity index (χ0) is 23.3. The van der Waals surface area contributed by atoms with Crippen molar-refractivity contribution in [1.29, 1.82) is 0 Å². The topological polar surface area (TPSA) is 134 Å². The average molecular weight is 464 g/mol. The quantitative estimate of drug-likeness (QED) is 0.467. The lowest BCUT2D eigenvalue weighted by atomic mass is 9.97. The van der Waals surface area contributed by atoms with Gasteiger partial charge >= 0.3 is 0 Å². The molecule has 2 heterocycles. The van der Waals surface area contributed by atoms with Gasteiger partial charge in [0.05, 0.1) is 10.8 Å². The fourth-order valence-electron chi connectivity index (χ4n) is 4.15. The maximum absolute atomic E-state index is 12.9. The largest absolute Gasteiger partial charge is 0.369 e. The fourth-order valence-corrected chi connectivity index (χ4v) is 5.39. The number of likely N-dealkylation sites (tertiary alicyclic amines) is 1. The number of amides is 2. The maximum Gasteiger partial charge on any atom is 0.263 e. The van der Waals surface area contributed by atoms with Gasteiger partial charge in [-0.25, -0.2) is 8.42 Å². The Balaban J connectivity index is 1.60. The van der Waals surface area contributed by atoms with Gasteiger partial charge in [0, 0.05) is 18.7 Å². The smallest absolute Gasteiger partial charge is 0.263 e. The van der Waals surface area contributed by atoms with E-state index >= 15 is 0 Å². The third kappa shape index (κ3) is 5.66. The highest BCUT2D eigenvalue weighted by molar-refractivity contribution is 7.90. The minimum absolute atomic E-state index is 0.0572. The van der Waals surface area contributed by atoms with E-state index in [9.17, 15) is 18.0 Å². The predicted octanol–water partition coefficient (Wildman–Crippen LogP) is 0.843. The SMILES string of the molecule is CC[C@H](C)[C@H](N=C1NS(=O)(=O)c2ccccc21)C(=O)NCCCN1CCCC(C(N)=O)C1. The summed E-state index contributed by atoms with van der Waals surface area (Å²) in [6.07, 6.45) is 3.26. The molecule has 3 atom stereocenters. The molecule has 1 aromatic rings. The van der Waals surface area contributed by atoms with Crippen molar-refractivity contribution in [2.45, 2.75) is 50.5 Å². The van der Waals surface area contributed by atoms with Crippen molar-refractivity contribution in [2.24, 2.45) is 22.6 Å². The molecular weight excluding hydrogens is 430 g/mol. The van der Waals surface area contributed by atoms with Crippen molar-refractivity contribution in [3.8, 4) is 0 Å². The van der Waals surface area contributed by atoms with Gasteiger partial charge in [0.25, 0.3) is 10.0 Å². The van der Waals surface area contributed by atoms with E-state index in [1.807, 2.05) is 13.8 Å². The third-order valence-corrected chi connectivity index (χ3v) is 7.64. The second-order valence-electron chi connectivity index (χ2n) is 8.60. The Hall–Kier alpha value is -2.46. The van der Waals surface area contributed by atoms with E-state index in [1.54, 1.807) is 18.2 Å². The molecule has 9 nitrogen and oxygen atoms in total. The Kier molecular flexibility index (Phi) is 7.89. The minimum Gasteiger partial charge on any atom is -0.369 e. The summed E-state index contributed by atoms with van der Waals surface area (Å²) < 4.78 is 27.2. The summed E-state index contributed by atoms with van der Waals surface area (Å²) in [5.41, 5.74) is 5.92. The van der Waals surface area contributed by atoms with Crippen molar-refractivity contribution >= 4 is 27.7 Å². The molecule has 176 valence electrons. The molecule has 2 aliphatic heterocycles. The summed E-state index contributed by atoms with van der Waals surface area (Å²) in [5, 5.41) is 2.95. The first-order valence-corrected chi connectivity index (χ1v) is 12.7. The number of carbonyl (C=O) groups is 2. The monoisotopic (exact) mass is 463 g/mol. The molecule has 32 heavy (non-hydrogen) atoms. The number of aliphatic imine (C=N–C) groups is 1. The lowest BCUT2D eigenvalue weighted by Crippen LogP contribution is -2.43. The molecule has 2 amide bonds. The molecule has 0 saturated carbocycles. The van der Waals surface area contributed by atoms with Crippen LogP contribution in [0.3, 0.4) is 0 Å². The number of carbonyl (C=O) groups excluding carboxylic acids is 2. The van der Waals surface area contributed by atoms with Crippen LogP contribution in [0.5, 0.6) is 0 Å². The Morgan fingerprint density at radius 1 is 1.34 bits per heavy atom. The summed E-state index contributed by atoms with van der Waals surface area (Å²) >= 11 is 0. The van der Waals surface area contributed by atoms with Crippen molar-refractivity contribution in [3.63, 3.8) is 0 Å². The van der Waals surface area contributed by atoms with E-state index in [0.29, 0.717) is 18.7 Å². The Labute approximate surface area is 189 Å². The van der Waals surface area contributed by atoms with Gasteiger partial charge in [0.15, 0.2) is 0 Å². The van der Waals surface area contributed by atoms with Crippen LogP contribution in [0.2, 0.25) is 0 Å². The number of nitrogens with zero attached hydrogens (tertiary/aromatic N) is 2. The molecule has 0 radical (unpaired) electrons. The van der Waals surface area contributed by atoms with Crippen LogP contribution in [-0.4, -0.2) is 63.2 Å². The zero-order valence-electron chi connectivity index (χ0n) is 18.7. The van der Waals surface area contributed by atoms with Gasteiger partial charge in [-0.05, 0) is 50.4 Å². The number of primary amides is 1. The number of hydrogen-bond acceptors (Lipinski definition) is 6. The molecule has 1 fully saturated rings. The number of hydrogen-bond donors (Lipinski definition) is 3. The third-order valence-electron chi connectivity index (χ3n) is 6.24. The van der Waals surface area contributed by atoms with E-state index < -0.39 is 16.1 Å². The number of nitrogens with one attached hydrogen (secondary N) is 2. The van der Waals surface area contributed by atoms with Gasteiger partial charge in [0.2, 0.25) is 11.8 Å². The van der Waals surface area contributed by atoms with Gasteiger partial charge in [-0.15, -0.1) is 0 Å². The van der Waals surface area contributed by atoms with Crippen LogP contribution in [-0.2, 0) is 19.6 Å². The van der Waals surface area contributed by atoms with E-state index in [0.717, 1.165) is 38.8 Å². The van der Waals surface area contributed by atoms with E-state index in [4.69, 9.17) is 5.73 Å². The highest BCUT2D eigenvalue weighted by Crippen LogP contribution is 2.24. The summed E-state index contributed by atoms with van der Waals surface area (Å²) in [5.74, 6) is -0.404. The van der Waals surface area contributed by atoms with E-state index in [1.165, 1.54) is 6.07 Å². The fraction of sp³-hybridized carbons (Fsp3) is 0.591. The first-order valence-electron chi connectivity index (χ1n) is 11.2. The van der Waals surface area contributed by atoms with Crippen molar-refractivity contribution in [2.75, 3.05) is 26.2 Å². The zero-order valence-corrected chi connectivity index (χ0v) is 19.5. The first-order chi connectivity index (χ1) is 15.2. The second-order valence-corrected chi connectivity index (χ2v) is 10.2. The number of piperidine rings is 1. The molecule has 1 aromatic carbocycles. The number of benzene rings is 1. The second kappa shape index (κ2) is 10.4. The van der Waals surface area contributed by atoms with Gasteiger partial charge in [-0.3, -0.25) is 19.3 Å². The summed E-state index contributed by atoms with van der Waals surface area (Å²) in [6.45, 7) is 6.77. The van der Waals surface area contributed by atoms with Crippen molar-refractivity contribution in [3.05, 3.63) is 29.8 Å². The van der Waals surface area contributed by atoms with E-state index in [2.05, 4.69) is 19.9 Å². The van der Waals surface area contributed by atoms with Crippen LogP contribution in [0.25, 0.3) is 0 Å². The molecule has 0 bridgehead atoms. The molecule has 3 rings (SSSR count). The minimum atomic E-state index is -3.65. The number of nitrogens with two attached hydrogens (primary N) is 1. The van der Waals surface area contributed by atoms with Crippen LogP contribution < -0.4 is 15.8 Å². The average Bonchev–Trinajstić information content (AvgIpc) is 3.04. The Bertz CT molecular complexity index is 978. The lowest BCUT2D eigenvalue weighted by Gasteiger charge is -2.31. The van der Waals surface area contributed by atoms with Crippen LogP contribution in [0, 0.1) is 11.8 Å². The van der Waals surface area contributed by atoms with Gasteiger partial charge < -0.3 is 16.0 Å². The number of amidine groups is 1. The molecular formula is C22H33N5O4S. The number of sulfonamides is 1. The molecule has 0 aliphatic carbocycles. The maximum atomic E-state index is 12.9. The normalized spacial score (nSPS) is 23.2. The van der Waals surface area contributed by atoms with Gasteiger partial charge in [-0.1, -0.05) is 32.4 Å². The number of rotatable bonds is 9. The predicted molar refractivity (Wildman–Crippen MR) is 123 cm³/mol. The van der Waals surface area contributed by atoms with Gasteiger partial charge in [0.1, 0.15) is 11.9 Å². The first kappa shape index (κ1) is 24.2. The Morgan fingerprint density at radius 2 is 2.09 bits per heavy atom. The lowest BCUT2D eigenvalue weighted by molar-refractivity contribution is -0.123. The molecule has 0 spiro atoms. The molecule has 2 aliphatic rings. The van der Waals surface area contributed by atoms with E-state index in [-0.39, 0.29) is 34.4 Å². The molecule has 4 N–H and O–H groups in total. The molecule has 0 aromatic heterocycles. The Morgan fingerprint density at radius 3 is 2.81 bits per heavy atom. The standard InChI is InChI=1S/C22H33N5O4S/c1-3-15(2)19(25-21-17-9-4-5-10-18(17)32(30,31)26-21)22(29)24-11-7-13-27-12-6-8-16(14-27)20(23)28/h4-5,9-10,15-16,19H,3,6-8,11-14H2,1-2H3,(H2,23,28)(H,24,29)(H,25,26)/t15-,16?,19-/m0/s1. The molecule has 1 saturated heterocycles. The van der Waals surface area contributed by atoms with Crippen molar-refractivity contribution in [1.82, 2.24) is 14.9 Å². The highest BCUT2D eigenvalue weighted by Gasteiger charge is 2.33. The summed E-state index contributed by atoms with van der Waals surface area (Å²) in [4.78, 5) is 31.3.